The SMILES string of the molecule is Cc1ccc(C(N)C2C(C)(C)C2(C)C)cc1F. The molecule has 0 aromatic heterocycles. The maximum Gasteiger partial charge on any atom is 0.126 e. The van der Waals surface area contributed by atoms with E-state index >= 15 is 0 Å². The Balaban J connectivity index is 2.28. The van der Waals surface area contributed by atoms with Crippen molar-refractivity contribution in [3.8, 4) is 0 Å². The summed E-state index contributed by atoms with van der Waals surface area (Å²) in [6, 6.07) is 5.28. The van der Waals surface area contributed by atoms with Crippen LogP contribution in [0.25, 0.3) is 0 Å². The largest absolute Gasteiger partial charge is 0.324 e. The highest BCUT2D eigenvalue weighted by molar-refractivity contribution is 5.30. The molecule has 2 heteroatoms. The Labute approximate surface area is 103 Å². The van der Waals surface area contributed by atoms with E-state index in [9.17, 15) is 4.39 Å². The van der Waals surface area contributed by atoms with E-state index in [1.807, 2.05) is 12.1 Å². The summed E-state index contributed by atoms with van der Waals surface area (Å²) in [6.07, 6.45) is 0. The molecule has 1 aromatic rings. The molecule has 1 atom stereocenters. The van der Waals surface area contributed by atoms with Gasteiger partial charge in [-0.25, -0.2) is 4.39 Å². The van der Waals surface area contributed by atoms with Crippen LogP contribution in [0.1, 0.15) is 44.9 Å². The van der Waals surface area contributed by atoms with E-state index in [2.05, 4.69) is 27.7 Å². The molecule has 1 fully saturated rings. The van der Waals surface area contributed by atoms with Crippen molar-refractivity contribution < 1.29 is 4.39 Å². The molecule has 0 radical (unpaired) electrons. The first-order valence-corrected chi connectivity index (χ1v) is 6.21. The van der Waals surface area contributed by atoms with Crippen molar-refractivity contribution in [2.75, 3.05) is 0 Å². The van der Waals surface area contributed by atoms with Crippen molar-refractivity contribution in [2.24, 2.45) is 22.5 Å². The third kappa shape index (κ3) is 1.70. The zero-order chi connectivity index (χ0) is 13.0. The smallest absolute Gasteiger partial charge is 0.126 e. The maximum absolute atomic E-state index is 13.6. The van der Waals surface area contributed by atoms with E-state index in [0.29, 0.717) is 11.5 Å². The van der Waals surface area contributed by atoms with Crippen LogP contribution in [0.5, 0.6) is 0 Å². The predicted octanol–water partition coefficient (Wildman–Crippen LogP) is 3.82. The topological polar surface area (TPSA) is 26.0 Å². The first-order valence-electron chi connectivity index (χ1n) is 6.21. The van der Waals surface area contributed by atoms with Crippen molar-refractivity contribution in [3.05, 3.63) is 35.1 Å². The molecule has 0 amide bonds. The van der Waals surface area contributed by atoms with Crippen LogP contribution in [0.15, 0.2) is 18.2 Å². The van der Waals surface area contributed by atoms with E-state index in [1.54, 1.807) is 13.0 Å². The highest BCUT2D eigenvalue weighted by Crippen LogP contribution is 2.71. The van der Waals surface area contributed by atoms with Gasteiger partial charge in [-0.2, -0.15) is 0 Å². The van der Waals surface area contributed by atoms with E-state index in [-0.39, 0.29) is 22.7 Å². The fourth-order valence-electron chi connectivity index (χ4n) is 3.15. The highest BCUT2D eigenvalue weighted by atomic mass is 19.1. The van der Waals surface area contributed by atoms with E-state index < -0.39 is 0 Å². The zero-order valence-corrected chi connectivity index (χ0v) is 11.3. The van der Waals surface area contributed by atoms with Crippen LogP contribution in [0.2, 0.25) is 0 Å². The standard InChI is InChI=1S/C15H22FN/c1-9-6-7-10(8-11(9)16)12(17)13-14(2,3)15(13,4)5/h6-8,12-13H,17H2,1-5H3. The summed E-state index contributed by atoms with van der Waals surface area (Å²) in [5.74, 6) is 0.256. The maximum atomic E-state index is 13.6. The van der Waals surface area contributed by atoms with Crippen LogP contribution in [0, 0.1) is 29.5 Å². The minimum Gasteiger partial charge on any atom is -0.324 e. The Morgan fingerprint density at radius 3 is 2.12 bits per heavy atom. The molecule has 1 nitrogen and oxygen atoms in total. The summed E-state index contributed by atoms with van der Waals surface area (Å²) in [7, 11) is 0. The van der Waals surface area contributed by atoms with Gasteiger partial charge in [0.05, 0.1) is 0 Å². The molecule has 1 unspecified atom stereocenters. The summed E-state index contributed by atoms with van der Waals surface area (Å²) >= 11 is 0. The lowest BCUT2D eigenvalue weighted by Gasteiger charge is -2.15. The molecule has 0 aliphatic heterocycles. The van der Waals surface area contributed by atoms with Crippen LogP contribution in [-0.4, -0.2) is 0 Å². The summed E-state index contributed by atoms with van der Waals surface area (Å²) in [4.78, 5) is 0. The molecule has 2 N–H and O–H groups in total. The fraction of sp³-hybridized carbons (Fsp3) is 0.600. The van der Waals surface area contributed by atoms with E-state index in [1.165, 1.54) is 0 Å². The van der Waals surface area contributed by atoms with E-state index in [0.717, 1.165) is 5.56 Å². The van der Waals surface area contributed by atoms with Crippen molar-refractivity contribution in [1.29, 1.82) is 0 Å². The molecule has 2 rings (SSSR count). The fourth-order valence-corrected chi connectivity index (χ4v) is 3.15. The average molecular weight is 235 g/mol. The minimum atomic E-state index is -0.158. The van der Waals surface area contributed by atoms with Gasteiger partial charge in [0, 0.05) is 6.04 Å². The molecule has 0 saturated heterocycles. The van der Waals surface area contributed by atoms with Gasteiger partial charge in [0.25, 0.3) is 0 Å². The third-order valence-corrected chi connectivity index (χ3v) is 5.07. The number of halogens is 1. The second-order valence-electron chi connectivity index (χ2n) is 6.46. The van der Waals surface area contributed by atoms with Crippen molar-refractivity contribution >= 4 is 0 Å². The van der Waals surface area contributed by atoms with Crippen LogP contribution in [0.4, 0.5) is 4.39 Å². The molecule has 0 spiro atoms. The summed E-state index contributed by atoms with van der Waals surface area (Å²) < 4.78 is 13.6. The average Bonchev–Trinajstić information content (AvgIpc) is 2.61. The minimum absolute atomic E-state index is 0.0740. The third-order valence-electron chi connectivity index (χ3n) is 5.07. The van der Waals surface area contributed by atoms with Gasteiger partial charge in [0.1, 0.15) is 5.82 Å². The first-order chi connectivity index (χ1) is 7.69. The van der Waals surface area contributed by atoms with E-state index in [4.69, 9.17) is 5.73 Å². The molecular weight excluding hydrogens is 213 g/mol. The lowest BCUT2D eigenvalue weighted by atomic mass is 9.96. The zero-order valence-electron chi connectivity index (χ0n) is 11.3. The van der Waals surface area contributed by atoms with Gasteiger partial charge < -0.3 is 5.73 Å². The quantitative estimate of drug-likeness (QED) is 0.828. The molecule has 94 valence electrons. The number of rotatable bonds is 2. The van der Waals surface area contributed by atoms with Crippen LogP contribution < -0.4 is 5.73 Å². The van der Waals surface area contributed by atoms with Crippen LogP contribution in [-0.2, 0) is 0 Å². The summed E-state index contributed by atoms with van der Waals surface area (Å²) in [6.45, 7) is 10.7. The molecule has 17 heavy (non-hydrogen) atoms. The second kappa shape index (κ2) is 3.55. The summed E-state index contributed by atoms with van der Waals surface area (Å²) in [5.41, 5.74) is 8.35. The van der Waals surface area contributed by atoms with Crippen molar-refractivity contribution in [3.63, 3.8) is 0 Å². The number of hydrogen-bond acceptors (Lipinski definition) is 1. The van der Waals surface area contributed by atoms with Crippen LogP contribution >= 0.6 is 0 Å². The van der Waals surface area contributed by atoms with Crippen molar-refractivity contribution in [2.45, 2.75) is 40.7 Å². The molecular formula is C15H22FN. The Morgan fingerprint density at radius 2 is 1.71 bits per heavy atom. The highest BCUT2D eigenvalue weighted by Gasteiger charge is 2.66. The lowest BCUT2D eigenvalue weighted by molar-refractivity contribution is 0.457. The second-order valence-corrected chi connectivity index (χ2v) is 6.46. The Morgan fingerprint density at radius 1 is 1.18 bits per heavy atom. The van der Waals surface area contributed by atoms with Gasteiger partial charge in [0.2, 0.25) is 0 Å². The molecule has 0 heterocycles. The molecule has 1 aliphatic rings. The van der Waals surface area contributed by atoms with Crippen LogP contribution in [0.3, 0.4) is 0 Å². The summed E-state index contributed by atoms with van der Waals surface area (Å²) in [5, 5.41) is 0. The number of aryl methyl sites for hydroxylation is 1. The van der Waals surface area contributed by atoms with Crippen molar-refractivity contribution in [1.82, 2.24) is 0 Å². The Bertz CT molecular complexity index is 434. The monoisotopic (exact) mass is 235 g/mol. The van der Waals surface area contributed by atoms with Gasteiger partial charge in [-0.1, -0.05) is 39.8 Å². The first kappa shape index (κ1) is 12.6. The number of benzene rings is 1. The molecule has 0 bridgehead atoms. The Hall–Kier alpha value is -0.890. The van der Waals surface area contributed by atoms with Gasteiger partial charge >= 0.3 is 0 Å². The normalized spacial score (nSPS) is 23.5. The van der Waals surface area contributed by atoms with Gasteiger partial charge in [-0.05, 0) is 40.9 Å². The molecule has 1 aromatic carbocycles. The number of hydrogen-bond donors (Lipinski definition) is 1. The lowest BCUT2D eigenvalue weighted by Crippen LogP contribution is -2.16. The van der Waals surface area contributed by atoms with Gasteiger partial charge in [-0.15, -0.1) is 0 Å². The molecule has 1 aliphatic carbocycles. The van der Waals surface area contributed by atoms with Gasteiger partial charge in [-0.3, -0.25) is 0 Å². The molecule has 1 saturated carbocycles. The predicted molar refractivity (Wildman–Crippen MR) is 69.1 cm³/mol. The van der Waals surface area contributed by atoms with Gasteiger partial charge in [0.15, 0.2) is 0 Å². The Kier molecular flexibility index (Phi) is 2.62. The number of nitrogens with two attached hydrogens (primary N) is 1.